The number of rotatable bonds is 7. The Bertz CT molecular complexity index is 172. The normalized spacial score (nSPS) is 21.3. The van der Waals surface area contributed by atoms with Crippen LogP contribution in [0, 0.1) is 5.92 Å². The molecule has 1 fully saturated rings. The zero-order chi connectivity index (χ0) is 10.2. The number of nitrogens with one attached hydrogen (secondary N) is 1. The molecule has 0 aromatic rings. The van der Waals surface area contributed by atoms with Crippen LogP contribution in [0.25, 0.3) is 0 Å². The number of amides is 1. The van der Waals surface area contributed by atoms with Gasteiger partial charge in [0.25, 0.3) is 0 Å². The molecule has 0 aromatic carbocycles. The lowest BCUT2D eigenvalue weighted by atomic mass is 10.1. The van der Waals surface area contributed by atoms with Crippen LogP contribution >= 0.6 is 11.8 Å². The minimum absolute atomic E-state index is 0.0287. The van der Waals surface area contributed by atoms with Crippen molar-refractivity contribution in [2.75, 3.05) is 37.8 Å². The topological polar surface area (TPSA) is 64.4 Å². The molecular formula is C9H18N2O2S. The van der Waals surface area contributed by atoms with Gasteiger partial charge in [0, 0.05) is 6.54 Å². The van der Waals surface area contributed by atoms with E-state index in [1.165, 1.54) is 17.9 Å². The summed E-state index contributed by atoms with van der Waals surface area (Å²) in [6.45, 7) is 2.45. The summed E-state index contributed by atoms with van der Waals surface area (Å²) in [7, 11) is 0. The van der Waals surface area contributed by atoms with E-state index in [-0.39, 0.29) is 6.61 Å². The maximum absolute atomic E-state index is 10.3. The highest BCUT2D eigenvalue weighted by molar-refractivity contribution is 7.99. The first kappa shape index (κ1) is 11.8. The summed E-state index contributed by atoms with van der Waals surface area (Å²) in [6, 6.07) is 0. The molecule has 14 heavy (non-hydrogen) atoms. The fourth-order valence-corrected chi connectivity index (χ4v) is 2.65. The lowest BCUT2D eigenvalue weighted by molar-refractivity contribution is -0.122. The second-order valence-corrected chi connectivity index (χ2v) is 4.60. The predicted molar refractivity (Wildman–Crippen MR) is 58.3 cm³/mol. The van der Waals surface area contributed by atoms with Gasteiger partial charge in [-0.3, -0.25) is 4.79 Å². The second kappa shape index (κ2) is 7.09. The largest absolute Gasteiger partial charge is 0.370 e. The summed E-state index contributed by atoms with van der Waals surface area (Å²) in [5.41, 5.74) is 4.92. The van der Waals surface area contributed by atoms with Crippen molar-refractivity contribution in [3.63, 3.8) is 0 Å². The molecule has 5 heteroatoms. The van der Waals surface area contributed by atoms with E-state index in [0.717, 1.165) is 19.0 Å². The number of carbonyl (C=O) groups is 1. The van der Waals surface area contributed by atoms with Crippen molar-refractivity contribution in [3.05, 3.63) is 0 Å². The van der Waals surface area contributed by atoms with Crippen molar-refractivity contribution in [3.8, 4) is 0 Å². The Morgan fingerprint density at radius 2 is 2.50 bits per heavy atom. The molecule has 3 N–H and O–H groups in total. The van der Waals surface area contributed by atoms with Crippen LogP contribution < -0.4 is 11.1 Å². The molecule has 1 atom stereocenters. The van der Waals surface area contributed by atoms with Gasteiger partial charge in [-0.1, -0.05) is 0 Å². The van der Waals surface area contributed by atoms with E-state index >= 15 is 0 Å². The monoisotopic (exact) mass is 218 g/mol. The van der Waals surface area contributed by atoms with Crippen LogP contribution in [0.5, 0.6) is 0 Å². The average molecular weight is 218 g/mol. The highest BCUT2D eigenvalue weighted by Crippen LogP contribution is 2.22. The summed E-state index contributed by atoms with van der Waals surface area (Å²) in [4.78, 5) is 10.3. The fraction of sp³-hybridized carbons (Fsp3) is 0.889. The van der Waals surface area contributed by atoms with E-state index in [0.29, 0.717) is 6.61 Å². The molecule has 1 rings (SSSR count). The summed E-state index contributed by atoms with van der Waals surface area (Å²) in [5, 5.41) is 3.31. The average Bonchev–Trinajstić information content (AvgIpc) is 2.63. The van der Waals surface area contributed by atoms with E-state index in [9.17, 15) is 4.79 Å². The van der Waals surface area contributed by atoms with E-state index < -0.39 is 5.91 Å². The Labute approximate surface area is 88.9 Å². The third kappa shape index (κ3) is 5.47. The van der Waals surface area contributed by atoms with Crippen LogP contribution in [-0.2, 0) is 9.53 Å². The highest BCUT2D eigenvalue weighted by atomic mass is 32.2. The molecule has 1 unspecified atom stereocenters. The molecule has 82 valence electrons. The summed E-state index contributed by atoms with van der Waals surface area (Å²) in [6.07, 6.45) is 1.32. The Kier molecular flexibility index (Phi) is 5.98. The van der Waals surface area contributed by atoms with Crippen molar-refractivity contribution in [1.82, 2.24) is 5.32 Å². The second-order valence-electron chi connectivity index (χ2n) is 3.45. The van der Waals surface area contributed by atoms with Crippen LogP contribution in [0.3, 0.4) is 0 Å². The molecule has 1 amide bonds. The maximum Gasteiger partial charge on any atom is 0.243 e. The Balaban J connectivity index is 1.82. The summed E-state index contributed by atoms with van der Waals surface area (Å²) in [5.74, 6) is 2.98. The number of ether oxygens (including phenoxy) is 1. The lowest BCUT2D eigenvalue weighted by Crippen LogP contribution is -2.27. The molecule has 0 aliphatic carbocycles. The van der Waals surface area contributed by atoms with Crippen molar-refractivity contribution < 1.29 is 9.53 Å². The molecule has 1 saturated heterocycles. The molecule has 0 bridgehead atoms. The quantitative estimate of drug-likeness (QED) is 0.582. The zero-order valence-electron chi connectivity index (χ0n) is 8.33. The zero-order valence-corrected chi connectivity index (χ0v) is 9.15. The lowest BCUT2D eigenvalue weighted by Gasteiger charge is -2.09. The SMILES string of the molecule is NC(=O)COCCNCC1CCSC1. The maximum atomic E-state index is 10.3. The highest BCUT2D eigenvalue weighted by Gasteiger charge is 2.14. The summed E-state index contributed by atoms with van der Waals surface area (Å²) >= 11 is 2.02. The number of hydrogen-bond donors (Lipinski definition) is 2. The first-order valence-corrected chi connectivity index (χ1v) is 6.09. The molecule has 4 nitrogen and oxygen atoms in total. The first-order chi connectivity index (χ1) is 6.79. The summed E-state index contributed by atoms with van der Waals surface area (Å²) < 4.78 is 5.02. The van der Waals surface area contributed by atoms with Crippen LogP contribution in [-0.4, -0.2) is 43.7 Å². The van der Waals surface area contributed by atoms with E-state index in [2.05, 4.69) is 5.32 Å². The van der Waals surface area contributed by atoms with Crippen molar-refractivity contribution in [2.45, 2.75) is 6.42 Å². The number of hydrogen-bond acceptors (Lipinski definition) is 4. The van der Waals surface area contributed by atoms with Gasteiger partial charge >= 0.3 is 0 Å². The molecule has 0 saturated carbocycles. The van der Waals surface area contributed by atoms with Gasteiger partial charge in [-0.25, -0.2) is 0 Å². The van der Waals surface area contributed by atoms with Gasteiger partial charge in [0.05, 0.1) is 6.61 Å². The number of carbonyl (C=O) groups excluding carboxylic acids is 1. The third-order valence-electron chi connectivity index (χ3n) is 2.12. The van der Waals surface area contributed by atoms with E-state index in [4.69, 9.17) is 10.5 Å². The van der Waals surface area contributed by atoms with Crippen LogP contribution in [0.2, 0.25) is 0 Å². The minimum Gasteiger partial charge on any atom is -0.370 e. The van der Waals surface area contributed by atoms with Crippen LogP contribution in [0.1, 0.15) is 6.42 Å². The van der Waals surface area contributed by atoms with Gasteiger partial charge < -0.3 is 15.8 Å². The predicted octanol–water partition coefficient (Wildman–Crippen LogP) is -0.169. The van der Waals surface area contributed by atoms with Gasteiger partial charge in [-0.05, 0) is 30.4 Å². The number of thioether (sulfide) groups is 1. The molecule has 0 radical (unpaired) electrons. The Morgan fingerprint density at radius 3 is 3.14 bits per heavy atom. The van der Waals surface area contributed by atoms with Crippen molar-refractivity contribution in [2.24, 2.45) is 11.7 Å². The van der Waals surface area contributed by atoms with Gasteiger partial charge in [-0.15, -0.1) is 0 Å². The van der Waals surface area contributed by atoms with E-state index in [1.54, 1.807) is 0 Å². The van der Waals surface area contributed by atoms with Gasteiger partial charge in [0.2, 0.25) is 5.91 Å². The standard InChI is InChI=1S/C9H18N2O2S/c10-9(12)6-13-3-2-11-5-8-1-4-14-7-8/h8,11H,1-7H2,(H2,10,12). The minimum atomic E-state index is -0.405. The molecule has 0 spiro atoms. The van der Waals surface area contributed by atoms with Gasteiger partial charge in [0.15, 0.2) is 0 Å². The van der Waals surface area contributed by atoms with Crippen LogP contribution in [0.4, 0.5) is 0 Å². The third-order valence-corrected chi connectivity index (χ3v) is 3.36. The molecular weight excluding hydrogens is 200 g/mol. The molecule has 1 heterocycles. The molecule has 1 aliphatic heterocycles. The van der Waals surface area contributed by atoms with Crippen molar-refractivity contribution in [1.29, 1.82) is 0 Å². The van der Waals surface area contributed by atoms with Gasteiger partial charge in [0.1, 0.15) is 6.61 Å². The first-order valence-electron chi connectivity index (χ1n) is 4.93. The molecule has 0 aromatic heterocycles. The Morgan fingerprint density at radius 1 is 1.64 bits per heavy atom. The molecule has 1 aliphatic rings. The van der Waals surface area contributed by atoms with Crippen molar-refractivity contribution >= 4 is 17.7 Å². The Hall–Kier alpha value is -0.260. The number of nitrogens with two attached hydrogens (primary N) is 1. The van der Waals surface area contributed by atoms with Gasteiger partial charge in [-0.2, -0.15) is 11.8 Å². The number of primary amides is 1. The smallest absolute Gasteiger partial charge is 0.243 e. The van der Waals surface area contributed by atoms with Crippen LogP contribution in [0.15, 0.2) is 0 Å². The fourth-order valence-electron chi connectivity index (χ4n) is 1.37. The van der Waals surface area contributed by atoms with E-state index in [1.807, 2.05) is 11.8 Å².